The standard InChI is InChI=1S/C11H21N3O3.2C2H6/c1-3-12-10(15)8-13-4-6-14(7-5-13)11(16)9-17-2;2*1-2/h3-9H2,1-2H3,(H,12,15);2*1-2H3. The van der Waals surface area contributed by atoms with E-state index in [0.717, 1.165) is 13.1 Å². The first-order chi connectivity index (χ1) is 10.2. The third kappa shape index (κ3) is 10.3. The number of piperazine rings is 1. The molecule has 1 fully saturated rings. The Morgan fingerprint density at radius 1 is 1.05 bits per heavy atom. The van der Waals surface area contributed by atoms with Crippen LogP contribution in [-0.2, 0) is 14.3 Å². The minimum Gasteiger partial charge on any atom is -0.375 e. The van der Waals surface area contributed by atoms with E-state index in [1.54, 1.807) is 4.90 Å². The van der Waals surface area contributed by atoms with Gasteiger partial charge in [0.1, 0.15) is 6.61 Å². The lowest BCUT2D eigenvalue weighted by Crippen LogP contribution is -2.51. The Morgan fingerprint density at radius 2 is 1.57 bits per heavy atom. The molecule has 1 N–H and O–H groups in total. The van der Waals surface area contributed by atoms with Crippen molar-refractivity contribution in [2.24, 2.45) is 0 Å². The molecule has 1 heterocycles. The molecule has 0 unspecified atom stereocenters. The number of methoxy groups -OCH3 is 1. The molecule has 0 atom stereocenters. The van der Waals surface area contributed by atoms with Gasteiger partial charge in [-0.15, -0.1) is 0 Å². The van der Waals surface area contributed by atoms with Gasteiger partial charge in [-0.2, -0.15) is 0 Å². The van der Waals surface area contributed by atoms with Crippen LogP contribution < -0.4 is 5.32 Å². The van der Waals surface area contributed by atoms with Gasteiger partial charge in [-0.25, -0.2) is 0 Å². The third-order valence-electron chi connectivity index (χ3n) is 2.73. The van der Waals surface area contributed by atoms with E-state index in [1.807, 2.05) is 34.6 Å². The number of hydrogen-bond donors (Lipinski definition) is 1. The summed E-state index contributed by atoms with van der Waals surface area (Å²) in [6.45, 7) is 13.9. The number of amides is 2. The zero-order valence-corrected chi connectivity index (χ0v) is 14.6. The van der Waals surface area contributed by atoms with Crippen molar-refractivity contribution in [3.05, 3.63) is 0 Å². The monoisotopic (exact) mass is 303 g/mol. The maximum atomic E-state index is 11.5. The van der Waals surface area contributed by atoms with Crippen LogP contribution in [0.1, 0.15) is 34.6 Å². The molecule has 6 nitrogen and oxygen atoms in total. The second kappa shape index (κ2) is 15.3. The number of nitrogens with one attached hydrogen (secondary N) is 1. The maximum Gasteiger partial charge on any atom is 0.248 e. The second-order valence-electron chi connectivity index (χ2n) is 4.04. The second-order valence-corrected chi connectivity index (χ2v) is 4.04. The van der Waals surface area contributed by atoms with Crippen LogP contribution in [-0.4, -0.2) is 74.6 Å². The smallest absolute Gasteiger partial charge is 0.248 e. The van der Waals surface area contributed by atoms with Crippen LogP contribution in [0, 0.1) is 0 Å². The van der Waals surface area contributed by atoms with Crippen LogP contribution in [0.2, 0.25) is 0 Å². The molecule has 1 aliphatic heterocycles. The first-order valence-corrected chi connectivity index (χ1v) is 7.93. The molecule has 0 spiro atoms. The zero-order valence-electron chi connectivity index (χ0n) is 14.6. The number of likely N-dealkylation sites (N-methyl/N-ethyl adjacent to an activating group) is 1. The van der Waals surface area contributed by atoms with Crippen molar-refractivity contribution >= 4 is 11.8 Å². The Hall–Kier alpha value is -1.14. The van der Waals surface area contributed by atoms with Crippen molar-refractivity contribution in [1.29, 1.82) is 0 Å². The molecule has 0 saturated carbocycles. The van der Waals surface area contributed by atoms with E-state index in [2.05, 4.69) is 10.2 Å². The van der Waals surface area contributed by atoms with E-state index in [0.29, 0.717) is 26.2 Å². The molecule has 21 heavy (non-hydrogen) atoms. The van der Waals surface area contributed by atoms with E-state index >= 15 is 0 Å². The van der Waals surface area contributed by atoms with Crippen molar-refractivity contribution in [2.75, 3.05) is 53.0 Å². The summed E-state index contributed by atoms with van der Waals surface area (Å²) in [7, 11) is 1.52. The highest BCUT2D eigenvalue weighted by molar-refractivity contribution is 5.78. The molecule has 6 heteroatoms. The van der Waals surface area contributed by atoms with Gasteiger partial charge < -0.3 is 15.0 Å². The van der Waals surface area contributed by atoms with Crippen molar-refractivity contribution in [3.63, 3.8) is 0 Å². The summed E-state index contributed by atoms with van der Waals surface area (Å²) in [4.78, 5) is 26.7. The predicted molar refractivity (Wildman–Crippen MR) is 86.3 cm³/mol. The molecule has 1 saturated heterocycles. The Kier molecular flexibility index (Phi) is 16.1. The summed E-state index contributed by atoms with van der Waals surface area (Å²) < 4.78 is 4.81. The Labute approximate surface area is 129 Å². The van der Waals surface area contributed by atoms with Crippen LogP contribution in [0.15, 0.2) is 0 Å². The van der Waals surface area contributed by atoms with Crippen molar-refractivity contribution in [2.45, 2.75) is 34.6 Å². The Bertz CT molecular complexity index is 265. The Morgan fingerprint density at radius 3 is 2.00 bits per heavy atom. The molecular weight excluding hydrogens is 270 g/mol. The molecule has 126 valence electrons. The number of ether oxygens (including phenoxy) is 1. The van der Waals surface area contributed by atoms with E-state index < -0.39 is 0 Å². The SMILES string of the molecule is CC.CC.CCNC(=O)CN1CCN(C(=O)COC)CC1. The van der Waals surface area contributed by atoms with Crippen molar-refractivity contribution in [1.82, 2.24) is 15.1 Å². The van der Waals surface area contributed by atoms with E-state index in [1.165, 1.54) is 7.11 Å². The normalized spacial score (nSPS) is 14.3. The number of hydrogen-bond acceptors (Lipinski definition) is 4. The average molecular weight is 303 g/mol. The van der Waals surface area contributed by atoms with Gasteiger partial charge in [0.25, 0.3) is 0 Å². The summed E-state index contributed by atoms with van der Waals surface area (Å²) in [5, 5.41) is 2.77. The molecule has 1 aliphatic rings. The predicted octanol–water partition coefficient (Wildman–Crippen LogP) is 0.966. The van der Waals surface area contributed by atoms with E-state index in [-0.39, 0.29) is 18.4 Å². The third-order valence-corrected chi connectivity index (χ3v) is 2.73. The number of carbonyl (C=O) groups is 2. The van der Waals surface area contributed by atoms with Crippen LogP contribution in [0.3, 0.4) is 0 Å². The fourth-order valence-corrected chi connectivity index (χ4v) is 1.83. The number of rotatable bonds is 5. The lowest BCUT2D eigenvalue weighted by Gasteiger charge is -2.34. The van der Waals surface area contributed by atoms with Crippen LogP contribution in [0.4, 0.5) is 0 Å². The summed E-state index contributed by atoms with van der Waals surface area (Å²) in [6.07, 6.45) is 0. The quantitative estimate of drug-likeness (QED) is 0.822. The topological polar surface area (TPSA) is 61.9 Å². The average Bonchev–Trinajstić information content (AvgIpc) is 2.52. The van der Waals surface area contributed by atoms with Gasteiger partial charge in [-0.1, -0.05) is 27.7 Å². The minimum absolute atomic E-state index is 0.0187. The van der Waals surface area contributed by atoms with Crippen LogP contribution in [0.5, 0.6) is 0 Å². The molecule has 0 aromatic heterocycles. The van der Waals surface area contributed by atoms with Crippen molar-refractivity contribution < 1.29 is 14.3 Å². The molecule has 0 aromatic rings. The summed E-state index contributed by atoms with van der Waals surface area (Å²) in [5.74, 6) is 0.0642. The summed E-state index contributed by atoms with van der Waals surface area (Å²) >= 11 is 0. The molecule has 0 bridgehead atoms. The highest BCUT2D eigenvalue weighted by Gasteiger charge is 2.21. The highest BCUT2D eigenvalue weighted by Crippen LogP contribution is 2.01. The number of carbonyl (C=O) groups excluding carboxylic acids is 2. The number of nitrogens with zero attached hydrogens (tertiary/aromatic N) is 2. The lowest BCUT2D eigenvalue weighted by molar-refractivity contribution is -0.137. The van der Waals surface area contributed by atoms with Gasteiger partial charge in [0.05, 0.1) is 6.54 Å². The summed E-state index contributed by atoms with van der Waals surface area (Å²) in [6, 6.07) is 0. The Balaban J connectivity index is 0. The van der Waals surface area contributed by atoms with E-state index in [4.69, 9.17) is 4.74 Å². The van der Waals surface area contributed by atoms with Gasteiger partial charge in [-0.3, -0.25) is 14.5 Å². The molecular formula is C15H33N3O3. The molecule has 2 amide bonds. The van der Waals surface area contributed by atoms with Crippen LogP contribution in [0.25, 0.3) is 0 Å². The highest BCUT2D eigenvalue weighted by atomic mass is 16.5. The van der Waals surface area contributed by atoms with Gasteiger partial charge in [0.15, 0.2) is 0 Å². The first kappa shape index (κ1) is 22.1. The van der Waals surface area contributed by atoms with Gasteiger partial charge in [0, 0.05) is 39.8 Å². The summed E-state index contributed by atoms with van der Waals surface area (Å²) in [5.41, 5.74) is 0. The largest absolute Gasteiger partial charge is 0.375 e. The first-order valence-electron chi connectivity index (χ1n) is 7.93. The zero-order chi connectivity index (χ0) is 16.7. The fourth-order valence-electron chi connectivity index (χ4n) is 1.83. The fraction of sp³-hybridized carbons (Fsp3) is 0.867. The van der Waals surface area contributed by atoms with E-state index in [9.17, 15) is 9.59 Å². The molecule has 1 rings (SSSR count). The van der Waals surface area contributed by atoms with Crippen molar-refractivity contribution in [3.8, 4) is 0 Å². The van der Waals surface area contributed by atoms with Crippen LogP contribution >= 0.6 is 0 Å². The van der Waals surface area contributed by atoms with Gasteiger partial charge in [0.2, 0.25) is 11.8 Å². The van der Waals surface area contributed by atoms with Gasteiger partial charge >= 0.3 is 0 Å². The molecule has 0 aliphatic carbocycles. The molecule has 0 radical (unpaired) electrons. The van der Waals surface area contributed by atoms with Gasteiger partial charge in [-0.05, 0) is 6.92 Å². The molecule has 0 aromatic carbocycles. The lowest BCUT2D eigenvalue weighted by atomic mass is 10.3. The minimum atomic E-state index is 0.0187. The maximum absolute atomic E-state index is 11.5.